The Bertz CT molecular complexity index is 879. The van der Waals surface area contributed by atoms with Crippen molar-refractivity contribution in [2.45, 2.75) is 37.8 Å². The SMILES string of the molecule is [C-]#[N+]c1c(OC2CC2)cc(NC2CCOCC2)c(F)c1-c1c(Br)cnn1C. The predicted molar refractivity (Wildman–Crippen MR) is 104 cm³/mol. The van der Waals surface area contributed by atoms with E-state index in [0.29, 0.717) is 34.8 Å². The van der Waals surface area contributed by atoms with Crippen LogP contribution in [0.4, 0.5) is 15.8 Å². The van der Waals surface area contributed by atoms with Gasteiger partial charge in [0.15, 0.2) is 0 Å². The number of anilines is 1. The molecule has 0 spiro atoms. The number of ether oxygens (including phenoxy) is 2. The Labute approximate surface area is 165 Å². The van der Waals surface area contributed by atoms with Crippen molar-refractivity contribution < 1.29 is 13.9 Å². The second-order valence-electron chi connectivity index (χ2n) is 6.88. The van der Waals surface area contributed by atoms with Gasteiger partial charge in [-0.3, -0.25) is 4.68 Å². The number of hydrogen-bond acceptors (Lipinski definition) is 4. The average Bonchev–Trinajstić information content (AvgIpc) is 3.42. The second kappa shape index (κ2) is 7.49. The highest BCUT2D eigenvalue weighted by atomic mass is 79.9. The summed E-state index contributed by atoms with van der Waals surface area (Å²) < 4.78 is 29.1. The molecule has 1 aromatic carbocycles. The third-order valence-corrected chi connectivity index (χ3v) is 5.42. The summed E-state index contributed by atoms with van der Waals surface area (Å²) in [4.78, 5) is 3.61. The van der Waals surface area contributed by atoms with Crippen molar-refractivity contribution in [2.24, 2.45) is 7.05 Å². The second-order valence-corrected chi connectivity index (χ2v) is 7.74. The first kappa shape index (κ1) is 18.3. The minimum Gasteiger partial charge on any atom is -0.501 e. The minimum absolute atomic E-state index is 0.106. The summed E-state index contributed by atoms with van der Waals surface area (Å²) in [5, 5.41) is 7.47. The number of hydrogen-bond donors (Lipinski definition) is 1. The number of benzene rings is 1. The van der Waals surface area contributed by atoms with Crippen molar-refractivity contribution >= 4 is 27.3 Å². The molecule has 4 rings (SSSR count). The van der Waals surface area contributed by atoms with E-state index in [1.54, 1.807) is 24.0 Å². The fraction of sp³-hybridized carbons (Fsp3) is 0.474. The molecule has 1 N–H and O–H groups in total. The Kier molecular flexibility index (Phi) is 5.06. The zero-order chi connectivity index (χ0) is 19.0. The molecule has 142 valence electrons. The van der Waals surface area contributed by atoms with Crippen LogP contribution in [0.25, 0.3) is 16.1 Å². The third-order valence-electron chi connectivity index (χ3n) is 4.84. The zero-order valence-electron chi connectivity index (χ0n) is 15.0. The van der Waals surface area contributed by atoms with E-state index in [9.17, 15) is 0 Å². The van der Waals surface area contributed by atoms with Crippen LogP contribution in [0, 0.1) is 12.4 Å². The summed E-state index contributed by atoms with van der Waals surface area (Å²) in [6.45, 7) is 8.97. The van der Waals surface area contributed by atoms with Crippen molar-refractivity contribution in [3.8, 4) is 17.0 Å². The molecule has 1 saturated carbocycles. The molecule has 0 bridgehead atoms. The molecule has 1 aliphatic heterocycles. The maximum Gasteiger partial charge on any atom is 0.240 e. The third kappa shape index (κ3) is 3.66. The summed E-state index contributed by atoms with van der Waals surface area (Å²) >= 11 is 3.43. The molecule has 0 unspecified atom stereocenters. The van der Waals surface area contributed by atoms with Gasteiger partial charge in [0.1, 0.15) is 11.6 Å². The smallest absolute Gasteiger partial charge is 0.240 e. The summed E-state index contributed by atoms with van der Waals surface area (Å²) in [5.74, 6) is -0.0356. The average molecular weight is 435 g/mol. The van der Waals surface area contributed by atoms with Crippen LogP contribution in [-0.2, 0) is 11.8 Å². The van der Waals surface area contributed by atoms with Crippen LogP contribution in [0.1, 0.15) is 25.7 Å². The van der Waals surface area contributed by atoms with E-state index in [1.165, 1.54) is 0 Å². The lowest BCUT2D eigenvalue weighted by molar-refractivity contribution is 0.0904. The Hall–Kier alpha value is -2.11. The largest absolute Gasteiger partial charge is 0.501 e. The lowest BCUT2D eigenvalue weighted by Crippen LogP contribution is -2.28. The summed E-state index contributed by atoms with van der Waals surface area (Å²) in [7, 11) is 1.73. The summed E-state index contributed by atoms with van der Waals surface area (Å²) in [5.41, 5.74) is 1.27. The highest BCUT2D eigenvalue weighted by Crippen LogP contribution is 2.47. The van der Waals surface area contributed by atoms with Gasteiger partial charge < -0.3 is 14.8 Å². The summed E-state index contributed by atoms with van der Waals surface area (Å²) in [6, 6.07) is 1.76. The molecule has 0 radical (unpaired) electrons. The highest BCUT2D eigenvalue weighted by Gasteiger charge is 2.30. The van der Waals surface area contributed by atoms with Gasteiger partial charge in [0.2, 0.25) is 5.69 Å². The van der Waals surface area contributed by atoms with Crippen LogP contribution in [0.2, 0.25) is 0 Å². The number of halogens is 2. The molecule has 1 aromatic heterocycles. The van der Waals surface area contributed by atoms with Gasteiger partial charge >= 0.3 is 0 Å². The number of nitrogens with one attached hydrogen (secondary N) is 1. The fourth-order valence-corrected chi connectivity index (χ4v) is 3.81. The lowest BCUT2D eigenvalue weighted by Gasteiger charge is -2.25. The highest BCUT2D eigenvalue weighted by molar-refractivity contribution is 9.10. The van der Waals surface area contributed by atoms with Crippen LogP contribution in [0.15, 0.2) is 16.7 Å². The standard InChI is InChI=1S/C19H20BrFN4O2/c1-22-18-15(27-12-3-4-12)9-14(24-11-5-7-26-8-6-11)17(21)16(18)19-13(20)10-23-25(19)2/h9-12,24H,3-8H2,2H3. The first-order valence-corrected chi connectivity index (χ1v) is 9.80. The lowest BCUT2D eigenvalue weighted by atomic mass is 10.0. The first-order valence-electron chi connectivity index (χ1n) is 9.01. The van der Waals surface area contributed by atoms with E-state index in [0.717, 1.165) is 25.7 Å². The van der Waals surface area contributed by atoms with Crippen molar-refractivity contribution in [1.82, 2.24) is 9.78 Å². The maximum atomic E-state index is 15.6. The van der Waals surface area contributed by atoms with Crippen molar-refractivity contribution in [3.63, 3.8) is 0 Å². The molecule has 2 fully saturated rings. The number of rotatable bonds is 5. The van der Waals surface area contributed by atoms with E-state index >= 15 is 4.39 Å². The molecule has 2 aromatic rings. The Balaban J connectivity index is 1.84. The molecular weight excluding hydrogens is 415 g/mol. The van der Waals surface area contributed by atoms with Gasteiger partial charge in [-0.15, -0.1) is 0 Å². The topological polar surface area (TPSA) is 52.7 Å². The van der Waals surface area contributed by atoms with E-state index in [4.69, 9.17) is 16.0 Å². The van der Waals surface area contributed by atoms with Gasteiger partial charge in [-0.05, 0) is 47.7 Å². The molecule has 1 aliphatic carbocycles. The van der Waals surface area contributed by atoms with E-state index in [1.807, 2.05) is 0 Å². The van der Waals surface area contributed by atoms with Gasteiger partial charge in [0.25, 0.3) is 0 Å². The molecule has 8 heteroatoms. The number of nitrogens with zero attached hydrogens (tertiary/aromatic N) is 3. The quantitative estimate of drug-likeness (QED) is 0.694. The van der Waals surface area contributed by atoms with Gasteiger partial charge in [0.05, 0.1) is 34.7 Å². The Morgan fingerprint density at radius 3 is 2.70 bits per heavy atom. The van der Waals surface area contributed by atoms with E-state index < -0.39 is 5.82 Å². The molecule has 2 heterocycles. The minimum atomic E-state index is -0.458. The van der Waals surface area contributed by atoms with Gasteiger partial charge in [0, 0.05) is 31.9 Å². The molecule has 2 aliphatic rings. The van der Waals surface area contributed by atoms with Crippen LogP contribution in [-0.4, -0.2) is 35.1 Å². The number of aromatic nitrogens is 2. The molecule has 0 amide bonds. The molecule has 1 saturated heterocycles. The van der Waals surface area contributed by atoms with Gasteiger partial charge in [-0.2, -0.15) is 5.10 Å². The monoisotopic (exact) mass is 434 g/mol. The van der Waals surface area contributed by atoms with Crippen molar-refractivity contribution in [2.75, 3.05) is 18.5 Å². The molecular formula is C19H20BrFN4O2. The van der Waals surface area contributed by atoms with Crippen LogP contribution in [0.5, 0.6) is 5.75 Å². The first-order chi connectivity index (χ1) is 13.1. The predicted octanol–water partition coefficient (Wildman–Crippen LogP) is 4.67. The van der Waals surface area contributed by atoms with Crippen molar-refractivity contribution in [3.05, 3.63) is 34.0 Å². The molecule has 27 heavy (non-hydrogen) atoms. The van der Waals surface area contributed by atoms with Gasteiger partial charge in [-0.25, -0.2) is 9.24 Å². The Morgan fingerprint density at radius 1 is 1.37 bits per heavy atom. The van der Waals surface area contributed by atoms with Crippen LogP contribution >= 0.6 is 15.9 Å². The fourth-order valence-electron chi connectivity index (χ4n) is 3.27. The van der Waals surface area contributed by atoms with E-state index in [2.05, 4.69) is 31.2 Å². The van der Waals surface area contributed by atoms with Crippen LogP contribution < -0.4 is 10.1 Å². The maximum absolute atomic E-state index is 15.6. The van der Waals surface area contributed by atoms with Crippen molar-refractivity contribution in [1.29, 1.82) is 0 Å². The molecule has 0 atom stereocenters. The Morgan fingerprint density at radius 2 is 2.11 bits per heavy atom. The van der Waals surface area contributed by atoms with Crippen LogP contribution in [0.3, 0.4) is 0 Å². The molecule has 6 nitrogen and oxygen atoms in total. The zero-order valence-corrected chi connectivity index (χ0v) is 16.6. The number of aryl methyl sites for hydroxylation is 1. The normalized spacial score (nSPS) is 17.6. The van der Waals surface area contributed by atoms with Gasteiger partial charge in [-0.1, -0.05) is 0 Å². The summed E-state index contributed by atoms with van der Waals surface area (Å²) in [6.07, 6.45) is 5.25. The van der Waals surface area contributed by atoms with E-state index in [-0.39, 0.29) is 23.4 Å².